The number of aromatic amines is 1. The molecule has 144 valence electrons. The number of fused-ring (bicyclic) bond motifs is 1. The number of aryl methyl sites for hydroxylation is 2. The Morgan fingerprint density at radius 2 is 2.04 bits per heavy atom. The highest BCUT2D eigenvalue weighted by atomic mass is 16.5. The first-order chi connectivity index (χ1) is 13.6. The molecule has 28 heavy (non-hydrogen) atoms. The lowest BCUT2D eigenvalue weighted by Crippen LogP contribution is -2.23. The van der Waals surface area contributed by atoms with Crippen molar-refractivity contribution in [3.8, 4) is 11.3 Å². The molecule has 0 aliphatic heterocycles. The molecule has 0 bridgehead atoms. The zero-order valence-corrected chi connectivity index (χ0v) is 16.1. The predicted molar refractivity (Wildman–Crippen MR) is 107 cm³/mol. The van der Waals surface area contributed by atoms with Gasteiger partial charge in [0.2, 0.25) is 5.95 Å². The number of H-pyrrole nitrogens is 1. The van der Waals surface area contributed by atoms with Crippen molar-refractivity contribution in [3.05, 3.63) is 58.1 Å². The first-order valence-electron chi connectivity index (χ1n) is 9.25. The SMILES string of the molecule is CCCc1nn(C)c2c(=O)[nH]c(N(C)Cc3cc(-c4ccccc4)on3)nc12. The fourth-order valence-corrected chi connectivity index (χ4v) is 3.26. The Hall–Kier alpha value is -3.42. The molecule has 1 N–H and O–H groups in total. The molecule has 0 aliphatic carbocycles. The van der Waals surface area contributed by atoms with Gasteiger partial charge in [-0.1, -0.05) is 48.8 Å². The van der Waals surface area contributed by atoms with Crippen molar-refractivity contribution in [2.45, 2.75) is 26.3 Å². The summed E-state index contributed by atoms with van der Waals surface area (Å²) >= 11 is 0. The molecular weight excluding hydrogens is 356 g/mol. The van der Waals surface area contributed by atoms with Crippen LogP contribution in [0, 0.1) is 0 Å². The Labute approximate surface area is 161 Å². The van der Waals surface area contributed by atoms with Crippen LogP contribution < -0.4 is 10.5 Å². The van der Waals surface area contributed by atoms with Crippen LogP contribution in [0.15, 0.2) is 45.7 Å². The van der Waals surface area contributed by atoms with E-state index < -0.39 is 0 Å². The van der Waals surface area contributed by atoms with Gasteiger partial charge in [-0.2, -0.15) is 5.10 Å². The van der Waals surface area contributed by atoms with Gasteiger partial charge in [-0.25, -0.2) is 4.98 Å². The molecule has 4 aromatic rings. The van der Waals surface area contributed by atoms with Crippen LogP contribution in [-0.4, -0.2) is 32.0 Å². The Bertz CT molecular complexity index is 1160. The number of hydrogen-bond acceptors (Lipinski definition) is 6. The molecule has 0 spiro atoms. The van der Waals surface area contributed by atoms with E-state index in [1.54, 1.807) is 11.7 Å². The third-order valence-corrected chi connectivity index (χ3v) is 4.61. The topological polar surface area (TPSA) is 92.8 Å². The molecule has 8 nitrogen and oxygen atoms in total. The van der Waals surface area contributed by atoms with Gasteiger partial charge in [-0.15, -0.1) is 0 Å². The summed E-state index contributed by atoms with van der Waals surface area (Å²) < 4.78 is 7.05. The summed E-state index contributed by atoms with van der Waals surface area (Å²) in [6.07, 6.45) is 1.72. The maximum Gasteiger partial charge on any atom is 0.278 e. The van der Waals surface area contributed by atoms with Crippen LogP contribution in [0.1, 0.15) is 24.7 Å². The fraction of sp³-hybridized carbons (Fsp3) is 0.300. The van der Waals surface area contributed by atoms with Crippen LogP contribution in [0.5, 0.6) is 0 Å². The van der Waals surface area contributed by atoms with E-state index in [0.29, 0.717) is 29.3 Å². The lowest BCUT2D eigenvalue weighted by Gasteiger charge is -2.15. The van der Waals surface area contributed by atoms with Gasteiger partial charge in [-0.3, -0.25) is 14.5 Å². The average Bonchev–Trinajstić information content (AvgIpc) is 3.28. The number of rotatable bonds is 6. The minimum Gasteiger partial charge on any atom is -0.356 e. The molecule has 3 heterocycles. The van der Waals surface area contributed by atoms with Crippen LogP contribution in [0.3, 0.4) is 0 Å². The minimum atomic E-state index is -0.200. The van der Waals surface area contributed by atoms with Crippen LogP contribution in [0.4, 0.5) is 5.95 Å². The van der Waals surface area contributed by atoms with E-state index in [1.165, 1.54) is 0 Å². The van der Waals surface area contributed by atoms with Gasteiger partial charge in [0, 0.05) is 25.7 Å². The van der Waals surface area contributed by atoms with Gasteiger partial charge < -0.3 is 9.42 Å². The van der Waals surface area contributed by atoms with Crippen molar-refractivity contribution in [2.75, 3.05) is 11.9 Å². The Morgan fingerprint density at radius 1 is 1.25 bits per heavy atom. The second-order valence-corrected chi connectivity index (χ2v) is 6.81. The summed E-state index contributed by atoms with van der Waals surface area (Å²) in [6, 6.07) is 11.7. The lowest BCUT2D eigenvalue weighted by atomic mass is 10.1. The number of nitrogens with zero attached hydrogens (tertiary/aromatic N) is 5. The number of benzene rings is 1. The van der Waals surface area contributed by atoms with E-state index in [-0.39, 0.29) is 5.56 Å². The average molecular weight is 378 g/mol. The van der Waals surface area contributed by atoms with Gasteiger partial charge >= 0.3 is 0 Å². The standard InChI is InChI=1S/C20H22N6O2/c1-4-8-15-17-18(26(3)23-15)19(27)22-20(21-17)25(2)12-14-11-16(28-24-14)13-9-6-5-7-10-13/h5-7,9-11H,4,8,12H2,1-3H3,(H,21,22,27). The van der Waals surface area contributed by atoms with E-state index >= 15 is 0 Å². The summed E-state index contributed by atoms with van der Waals surface area (Å²) in [7, 11) is 3.62. The van der Waals surface area contributed by atoms with E-state index in [2.05, 4.69) is 27.1 Å². The van der Waals surface area contributed by atoms with Crippen molar-refractivity contribution < 1.29 is 4.52 Å². The van der Waals surface area contributed by atoms with Crippen LogP contribution in [0.2, 0.25) is 0 Å². The van der Waals surface area contributed by atoms with Crippen molar-refractivity contribution in [2.24, 2.45) is 7.05 Å². The number of nitrogens with one attached hydrogen (secondary N) is 1. The van der Waals surface area contributed by atoms with Crippen LogP contribution >= 0.6 is 0 Å². The monoisotopic (exact) mass is 378 g/mol. The first kappa shape index (κ1) is 18.0. The fourth-order valence-electron chi connectivity index (χ4n) is 3.26. The summed E-state index contributed by atoms with van der Waals surface area (Å²) in [5, 5.41) is 8.59. The highest BCUT2D eigenvalue weighted by Crippen LogP contribution is 2.21. The zero-order valence-electron chi connectivity index (χ0n) is 16.1. The molecule has 0 saturated heterocycles. The van der Waals surface area contributed by atoms with Gasteiger partial charge in [0.15, 0.2) is 11.3 Å². The molecule has 0 atom stereocenters. The van der Waals surface area contributed by atoms with Crippen molar-refractivity contribution in [1.29, 1.82) is 0 Å². The minimum absolute atomic E-state index is 0.200. The number of hydrogen-bond donors (Lipinski definition) is 1. The van der Waals surface area contributed by atoms with Crippen LogP contribution in [-0.2, 0) is 20.0 Å². The molecule has 4 rings (SSSR count). The van der Waals surface area contributed by atoms with Gasteiger partial charge in [0.1, 0.15) is 11.2 Å². The summed E-state index contributed by atoms with van der Waals surface area (Å²) in [5.41, 5.74) is 3.51. The molecule has 0 fully saturated rings. The maximum atomic E-state index is 12.6. The maximum absolute atomic E-state index is 12.6. The lowest BCUT2D eigenvalue weighted by molar-refractivity contribution is 0.423. The number of aromatic nitrogens is 5. The Kier molecular flexibility index (Phi) is 4.68. The number of anilines is 1. The molecule has 0 radical (unpaired) electrons. The Morgan fingerprint density at radius 3 is 2.79 bits per heavy atom. The third kappa shape index (κ3) is 3.28. The van der Waals surface area contributed by atoms with Crippen molar-refractivity contribution in [1.82, 2.24) is 24.9 Å². The molecule has 0 saturated carbocycles. The van der Waals surface area contributed by atoms with E-state index in [9.17, 15) is 4.79 Å². The van der Waals surface area contributed by atoms with Crippen LogP contribution in [0.25, 0.3) is 22.4 Å². The van der Waals surface area contributed by atoms with E-state index in [0.717, 1.165) is 29.8 Å². The van der Waals surface area contributed by atoms with Gasteiger partial charge in [0.25, 0.3) is 5.56 Å². The molecule has 0 amide bonds. The van der Waals surface area contributed by atoms with Crippen molar-refractivity contribution in [3.63, 3.8) is 0 Å². The molecule has 0 aliphatic rings. The summed E-state index contributed by atoms with van der Waals surface area (Å²) in [5.74, 6) is 1.19. The Balaban J connectivity index is 1.62. The quantitative estimate of drug-likeness (QED) is 0.555. The second kappa shape index (κ2) is 7.30. The molecule has 0 unspecified atom stereocenters. The smallest absolute Gasteiger partial charge is 0.278 e. The normalized spacial score (nSPS) is 11.2. The first-order valence-corrected chi connectivity index (χ1v) is 9.25. The highest BCUT2D eigenvalue weighted by Gasteiger charge is 2.17. The molecule has 3 aromatic heterocycles. The molecule has 1 aromatic carbocycles. The summed E-state index contributed by atoms with van der Waals surface area (Å²) in [4.78, 5) is 21.9. The molecule has 8 heteroatoms. The van der Waals surface area contributed by atoms with E-state index in [4.69, 9.17) is 4.52 Å². The second-order valence-electron chi connectivity index (χ2n) is 6.81. The van der Waals surface area contributed by atoms with E-state index in [1.807, 2.05) is 48.3 Å². The van der Waals surface area contributed by atoms with Crippen molar-refractivity contribution >= 4 is 17.0 Å². The predicted octanol–water partition coefficient (Wildman–Crippen LogP) is 2.90. The van der Waals surface area contributed by atoms with Gasteiger partial charge in [0.05, 0.1) is 12.2 Å². The molecular formula is C20H22N6O2. The highest BCUT2D eigenvalue weighted by molar-refractivity contribution is 5.77. The van der Waals surface area contributed by atoms with Gasteiger partial charge in [-0.05, 0) is 6.42 Å². The largest absolute Gasteiger partial charge is 0.356 e. The zero-order chi connectivity index (χ0) is 19.7. The summed E-state index contributed by atoms with van der Waals surface area (Å²) in [6.45, 7) is 2.53. The third-order valence-electron chi connectivity index (χ3n) is 4.61.